The average Bonchev–Trinajstić information content (AvgIpc) is 2.69. The summed E-state index contributed by atoms with van der Waals surface area (Å²) < 4.78 is 64.0. The molecule has 0 saturated heterocycles. The van der Waals surface area contributed by atoms with Crippen molar-refractivity contribution in [3.63, 3.8) is 0 Å². The molecule has 1 aromatic heterocycles. The van der Waals surface area contributed by atoms with Crippen molar-refractivity contribution in [2.24, 2.45) is 0 Å². The molecule has 0 bridgehead atoms. The number of rotatable bonds is 3. The molecule has 1 aromatic carbocycles. The molecular weight excluding hydrogens is 323 g/mol. The zero-order valence-corrected chi connectivity index (χ0v) is 11.1. The minimum Gasteiger partial charge on any atom is -0.380 e. The Morgan fingerprint density at radius 1 is 1.20 bits per heavy atom. The van der Waals surface area contributed by atoms with E-state index in [-0.39, 0.29) is 12.2 Å². The number of anilines is 1. The van der Waals surface area contributed by atoms with E-state index in [1.165, 1.54) is 6.20 Å². The summed E-state index contributed by atoms with van der Waals surface area (Å²) in [7, 11) is 0. The Bertz CT molecular complexity index is 603. The van der Waals surface area contributed by atoms with Gasteiger partial charge >= 0.3 is 6.18 Å². The predicted molar refractivity (Wildman–Crippen MR) is 65.8 cm³/mol. The number of halogens is 6. The maximum atomic E-state index is 13.3. The van der Waals surface area contributed by atoms with Crippen molar-refractivity contribution in [2.75, 3.05) is 5.32 Å². The highest BCUT2D eigenvalue weighted by Crippen LogP contribution is 2.35. The third-order valence-electron chi connectivity index (χ3n) is 2.32. The number of hydrogen-bond donors (Lipinski definition) is 1. The molecule has 0 spiro atoms. The normalized spacial score (nSPS) is 11.7. The van der Waals surface area contributed by atoms with Crippen molar-refractivity contribution in [3.8, 4) is 0 Å². The van der Waals surface area contributed by atoms with Crippen molar-refractivity contribution < 1.29 is 22.0 Å². The monoisotopic (exact) mass is 328 g/mol. The number of thiazole rings is 1. The van der Waals surface area contributed by atoms with Gasteiger partial charge in [-0.25, -0.2) is 13.8 Å². The summed E-state index contributed by atoms with van der Waals surface area (Å²) in [5.74, 6) is -3.33. The van der Waals surface area contributed by atoms with Crippen LogP contribution in [0.25, 0.3) is 0 Å². The number of alkyl halides is 3. The minimum absolute atomic E-state index is 0.0995. The molecule has 0 fully saturated rings. The largest absolute Gasteiger partial charge is 0.422 e. The zero-order valence-electron chi connectivity index (χ0n) is 9.56. The first kappa shape index (κ1) is 15.0. The molecule has 1 N–H and O–H groups in total. The van der Waals surface area contributed by atoms with Gasteiger partial charge in [0.05, 0.1) is 6.54 Å². The Morgan fingerprint density at radius 3 is 2.25 bits per heavy atom. The van der Waals surface area contributed by atoms with Crippen molar-refractivity contribution in [1.82, 2.24) is 4.98 Å². The molecule has 0 radical (unpaired) electrons. The van der Waals surface area contributed by atoms with Gasteiger partial charge in [0, 0.05) is 16.8 Å². The first-order valence-corrected chi connectivity index (χ1v) is 6.37. The Balaban J connectivity index is 2.18. The van der Waals surface area contributed by atoms with Crippen molar-refractivity contribution in [1.29, 1.82) is 0 Å². The van der Waals surface area contributed by atoms with Crippen LogP contribution in [0.15, 0.2) is 18.3 Å². The molecule has 0 amide bonds. The summed E-state index contributed by atoms with van der Waals surface area (Å²) in [5, 5.41) is 2.60. The second kappa shape index (κ2) is 5.53. The van der Waals surface area contributed by atoms with Crippen LogP contribution in [0, 0.1) is 11.6 Å². The smallest absolute Gasteiger partial charge is 0.380 e. The molecule has 108 valence electrons. The van der Waals surface area contributed by atoms with Gasteiger partial charge in [0.2, 0.25) is 0 Å². The molecule has 0 aliphatic heterocycles. The van der Waals surface area contributed by atoms with Crippen LogP contribution in [-0.2, 0) is 12.7 Å². The van der Waals surface area contributed by atoms with Gasteiger partial charge < -0.3 is 5.32 Å². The van der Waals surface area contributed by atoms with Crippen LogP contribution in [0.1, 0.15) is 10.4 Å². The van der Waals surface area contributed by atoms with Gasteiger partial charge in [-0.1, -0.05) is 11.6 Å². The third-order valence-corrected chi connectivity index (χ3v) is 3.43. The van der Waals surface area contributed by atoms with Gasteiger partial charge in [0.15, 0.2) is 4.47 Å². The van der Waals surface area contributed by atoms with Crippen LogP contribution in [0.5, 0.6) is 0 Å². The molecule has 2 nitrogen and oxygen atoms in total. The van der Waals surface area contributed by atoms with E-state index < -0.39 is 23.4 Å². The lowest BCUT2D eigenvalue weighted by Gasteiger charge is -2.11. The van der Waals surface area contributed by atoms with Crippen LogP contribution in [0.3, 0.4) is 0 Å². The van der Waals surface area contributed by atoms with Gasteiger partial charge in [-0.3, -0.25) is 0 Å². The summed E-state index contributed by atoms with van der Waals surface area (Å²) in [6, 6.07) is 1.18. The standard InChI is InChI=1S/C11H6ClF5N2S/c12-10-19-4-6(20-10)3-18-5-1-7(13)9(8(14)2-5)11(15,16)17/h1-2,4,18H,3H2. The number of nitrogens with zero attached hydrogens (tertiary/aromatic N) is 1. The lowest BCUT2D eigenvalue weighted by Crippen LogP contribution is -2.12. The van der Waals surface area contributed by atoms with Gasteiger partial charge in [0.25, 0.3) is 0 Å². The quantitative estimate of drug-likeness (QED) is 0.826. The van der Waals surface area contributed by atoms with E-state index in [2.05, 4.69) is 10.3 Å². The summed E-state index contributed by atoms with van der Waals surface area (Å²) in [6.45, 7) is 0.147. The Kier molecular flexibility index (Phi) is 4.14. The van der Waals surface area contributed by atoms with E-state index in [9.17, 15) is 22.0 Å². The molecule has 2 rings (SSSR count). The van der Waals surface area contributed by atoms with Crippen molar-refractivity contribution in [2.45, 2.75) is 12.7 Å². The lowest BCUT2D eigenvalue weighted by molar-refractivity contribution is -0.142. The Labute approximate surface area is 119 Å². The van der Waals surface area contributed by atoms with E-state index in [1.54, 1.807) is 0 Å². The van der Waals surface area contributed by atoms with Crippen molar-refractivity contribution in [3.05, 3.63) is 44.9 Å². The highest BCUT2D eigenvalue weighted by Gasteiger charge is 2.37. The molecule has 1 heterocycles. The lowest BCUT2D eigenvalue weighted by atomic mass is 10.1. The zero-order chi connectivity index (χ0) is 14.9. The first-order chi connectivity index (χ1) is 9.27. The van der Waals surface area contributed by atoms with Crippen LogP contribution >= 0.6 is 22.9 Å². The fraction of sp³-hybridized carbons (Fsp3) is 0.182. The van der Waals surface area contributed by atoms with E-state index in [0.717, 1.165) is 11.3 Å². The summed E-state index contributed by atoms with van der Waals surface area (Å²) >= 11 is 6.75. The number of nitrogens with one attached hydrogen (secondary N) is 1. The van der Waals surface area contributed by atoms with Gasteiger partial charge in [-0.05, 0) is 12.1 Å². The van der Waals surface area contributed by atoms with Crippen LogP contribution in [0.2, 0.25) is 4.47 Å². The second-order valence-corrected chi connectivity index (χ2v) is 5.44. The molecule has 0 atom stereocenters. The molecule has 20 heavy (non-hydrogen) atoms. The Hall–Kier alpha value is -1.41. The van der Waals surface area contributed by atoms with Gasteiger partial charge in [0.1, 0.15) is 17.2 Å². The van der Waals surface area contributed by atoms with E-state index in [1.807, 2.05) is 0 Å². The highest BCUT2D eigenvalue weighted by molar-refractivity contribution is 7.15. The number of benzene rings is 1. The molecule has 0 saturated carbocycles. The average molecular weight is 329 g/mol. The SMILES string of the molecule is Fc1cc(NCc2cnc(Cl)s2)cc(F)c1C(F)(F)F. The topological polar surface area (TPSA) is 24.9 Å². The van der Waals surface area contributed by atoms with Crippen LogP contribution in [0.4, 0.5) is 27.6 Å². The minimum atomic E-state index is -5.07. The summed E-state index contributed by atoms with van der Waals surface area (Å²) in [5.41, 5.74) is -2.00. The van der Waals surface area contributed by atoms with Crippen LogP contribution in [-0.4, -0.2) is 4.98 Å². The second-order valence-electron chi connectivity index (χ2n) is 3.75. The van der Waals surface area contributed by atoms with E-state index in [4.69, 9.17) is 11.6 Å². The highest BCUT2D eigenvalue weighted by atomic mass is 35.5. The van der Waals surface area contributed by atoms with Gasteiger partial charge in [-0.2, -0.15) is 13.2 Å². The first-order valence-electron chi connectivity index (χ1n) is 5.17. The van der Waals surface area contributed by atoms with Crippen molar-refractivity contribution >= 4 is 28.6 Å². The summed E-state index contributed by atoms with van der Waals surface area (Å²) in [6.07, 6.45) is -3.62. The van der Waals surface area contributed by atoms with E-state index in [0.29, 0.717) is 21.5 Å². The maximum absolute atomic E-state index is 13.3. The third kappa shape index (κ3) is 3.37. The molecule has 0 unspecified atom stereocenters. The molecule has 2 aromatic rings. The summed E-state index contributed by atoms with van der Waals surface area (Å²) in [4.78, 5) is 4.43. The molecular formula is C11H6ClF5N2S. The molecule has 0 aliphatic carbocycles. The van der Waals surface area contributed by atoms with Gasteiger partial charge in [-0.15, -0.1) is 11.3 Å². The number of hydrogen-bond acceptors (Lipinski definition) is 3. The van der Waals surface area contributed by atoms with E-state index >= 15 is 0 Å². The molecule has 0 aliphatic rings. The van der Waals surface area contributed by atoms with Crippen LogP contribution < -0.4 is 5.32 Å². The number of aromatic nitrogens is 1. The predicted octanol–water partition coefficient (Wildman–Crippen LogP) is 4.71. The maximum Gasteiger partial charge on any atom is 0.422 e. The fourth-order valence-electron chi connectivity index (χ4n) is 1.50. The molecule has 9 heteroatoms. The fourth-order valence-corrected chi connectivity index (χ4v) is 2.42. The Morgan fingerprint density at radius 2 is 1.80 bits per heavy atom.